The predicted octanol–water partition coefficient (Wildman–Crippen LogP) is 4.59. The summed E-state index contributed by atoms with van der Waals surface area (Å²) in [7, 11) is 0. The molecule has 0 unspecified atom stereocenters. The third-order valence-corrected chi connectivity index (χ3v) is 5.55. The van der Waals surface area contributed by atoms with Gasteiger partial charge in [0, 0.05) is 17.1 Å². The minimum Gasteiger partial charge on any atom is -0.296 e. The van der Waals surface area contributed by atoms with Gasteiger partial charge in [0.2, 0.25) is 5.13 Å². The van der Waals surface area contributed by atoms with Crippen LogP contribution >= 0.6 is 22.9 Å². The molecule has 1 N–H and O–H groups in total. The smallest absolute Gasteiger partial charge is 0.260 e. The number of anilines is 1. The molecule has 6 nitrogen and oxygen atoms in total. The first-order valence-electron chi connectivity index (χ1n) is 8.51. The molecule has 0 aliphatic rings. The second-order valence-corrected chi connectivity index (χ2v) is 7.35. The van der Waals surface area contributed by atoms with E-state index in [4.69, 9.17) is 11.6 Å². The molecule has 2 aromatic heterocycles. The van der Waals surface area contributed by atoms with Crippen molar-refractivity contribution in [1.82, 2.24) is 20.0 Å². The number of amides is 1. The second-order valence-electron chi connectivity index (χ2n) is 5.93. The maximum atomic E-state index is 12.4. The van der Waals surface area contributed by atoms with Gasteiger partial charge in [-0.1, -0.05) is 55.0 Å². The van der Waals surface area contributed by atoms with Crippen LogP contribution in [0.5, 0.6) is 0 Å². The van der Waals surface area contributed by atoms with Crippen molar-refractivity contribution in [2.45, 2.75) is 39.2 Å². The molecule has 0 bridgehead atoms. The summed E-state index contributed by atoms with van der Waals surface area (Å²) in [6.45, 7) is 4.76. The Bertz CT molecular complexity index is 887. The zero-order valence-electron chi connectivity index (χ0n) is 14.6. The summed E-state index contributed by atoms with van der Waals surface area (Å²) in [5, 5.41) is 17.5. The van der Waals surface area contributed by atoms with E-state index in [0.717, 1.165) is 23.4 Å². The van der Waals surface area contributed by atoms with Crippen LogP contribution < -0.4 is 5.32 Å². The van der Waals surface area contributed by atoms with Crippen LogP contribution in [0.2, 0.25) is 5.02 Å². The monoisotopic (exact) mass is 389 g/mol. The Morgan fingerprint density at radius 2 is 2.04 bits per heavy atom. The van der Waals surface area contributed by atoms with Gasteiger partial charge in [-0.05, 0) is 24.5 Å². The number of benzene rings is 1. The zero-order chi connectivity index (χ0) is 18.5. The first kappa shape index (κ1) is 18.5. The highest BCUT2D eigenvalue weighted by Crippen LogP contribution is 2.28. The fourth-order valence-corrected chi connectivity index (χ4v) is 3.83. The third kappa shape index (κ3) is 4.28. The standard InChI is InChI=1S/C18H20ClN5OS/c1-3-12(4-2)17-22-23-18(26-17)21-16(25)14-9-20-24(11-14)10-13-7-5-6-8-15(13)19/h5-9,11-12H,3-4,10H2,1-2H3,(H,21,23,25). The summed E-state index contributed by atoms with van der Waals surface area (Å²) in [6.07, 6.45) is 5.25. The molecule has 0 aliphatic carbocycles. The van der Waals surface area contributed by atoms with Gasteiger partial charge in [0.15, 0.2) is 0 Å². The summed E-state index contributed by atoms with van der Waals surface area (Å²) in [4.78, 5) is 12.4. The number of hydrogen-bond acceptors (Lipinski definition) is 5. The Morgan fingerprint density at radius 1 is 1.27 bits per heavy atom. The molecule has 0 atom stereocenters. The Labute approximate surface area is 161 Å². The molecule has 1 amide bonds. The minimum atomic E-state index is -0.248. The van der Waals surface area contributed by atoms with E-state index in [0.29, 0.717) is 28.2 Å². The van der Waals surface area contributed by atoms with Crippen LogP contribution in [0.15, 0.2) is 36.7 Å². The largest absolute Gasteiger partial charge is 0.296 e. The van der Waals surface area contributed by atoms with Crippen LogP contribution in [0.4, 0.5) is 5.13 Å². The van der Waals surface area contributed by atoms with E-state index in [-0.39, 0.29) is 5.91 Å². The van der Waals surface area contributed by atoms with Crippen molar-refractivity contribution < 1.29 is 4.79 Å². The topological polar surface area (TPSA) is 72.7 Å². The molecule has 0 aliphatic heterocycles. The molecule has 0 radical (unpaired) electrons. The van der Waals surface area contributed by atoms with E-state index >= 15 is 0 Å². The van der Waals surface area contributed by atoms with E-state index in [9.17, 15) is 4.79 Å². The van der Waals surface area contributed by atoms with Crippen molar-refractivity contribution in [2.75, 3.05) is 5.32 Å². The molecule has 0 saturated heterocycles. The molecule has 3 rings (SSSR count). The minimum absolute atomic E-state index is 0.248. The van der Waals surface area contributed by atoms with E-state index in [2.05, 4.69) is 34.5 Å². The van der Waals surface area contributed by atoms with Crippen LogP contribution in [0, 0.1) is 0 Å². The quantitative estimate of drug-likeness (QED) is 0.641. The van der Waals surface area contributed by atoms with Gasteiger partial charge in [0.1, 0.15) is 5.01 Å². The molecule has 3 aromatic rings. The maximum Gasteiger partial charge on any atom is 0.260 e. The van der Waals surface area contributed by atoms with Gasteiger partial charge >= 0.3 is 0 Å². The normalized spacial score (nSPS) is 11.1. The Hall–Kier alpha value is -2.25. The van der Waals surface area contributed by atoms with Crippen molar-refractivity contribution in [3.8, 4) is 0 Å². The lowest BCUT2D eigenvalue weighted by atomic mass is 10.1. The summed E-state index contributed by atoms with van der Waals surface area (Å²) < 4.78 is 1.69. The van der Waals surface area contributed by atoms with Gasteiger partial charge in [-0.25, -0.2) is 0 Å². The van der Waals surface area contributed by atoms with Gasteiger partial charge in [-0.15, -0.1) is 10.2 Å². The highest BCUT2D eigenvalue weighted by molar-refractivity contribution is 7.15. The highest BCUT2D eigenvalue weighted by atomic mass is 35.5. The molecule has 0 saturated carbocycles. The predicted molar refractivity (Wildman–Crippen MR) is 104 cm³/mol. The average Bonchev–Trinajstić information content (AvgIpc) is 3.28. The molecular formula is C18H20ClN5OS. The van der Waals surface area contributed by atoms with Gasteiger partial charge in [-0.2, -0.15) is 5.10 Å². The van der Waals surface area contributed by atoms with Gasteiger partial charge < -0.3 is 0 Å². The van der Waals surface area contributed by atoms with Gasteiger partial charge in [-0.3, -0.25) is 14.8 Å². The van der Waals surface area contributed by atoms with E-state index in [1.807, 2.05) is 24.3 Å². The van der Waals surface area contributed by atoms with Crippen LogP contribution in [0.1, 0.15) is 53.5 Å². The first-order chi connectivity index (χ1) is 12.6. The number of nitrogens with one attached hydrogen (secondary N) is 1. The number of aromatic nitrogens is 4. The number of carbonyl (C=O) groups is 1. The molecule has 8 heteroatoms. The molecule has 1 aromatic carbocycles. The summed E-state index contributed by atoms with van der Waals surface area (Å²) in [6, 6.07) is 7.57. The van der Waals surface area contributed by atoms with Crippen molar-refractivity contribution in [1.29, 1.82) is 0 Å². The Kier molecular flexibility index (Phi) is 6.00. The lowest BCUT2D eigenvalue weighted by molar-refractivity contribution is 0.102. The lowest BCUT2D eigenvalue weighted by Crippen LogP contribution is -2.11. The first-order valence-corrected chi connectivity index (χ1v) is 9.70. The van der Waals surface area contributed by atoms with Crippen molar-refractivity contribution in [3.63, 3.8) is 0 Å². The average molecular weight is 390 g/mol. The number of halogens is 1. The summed E-state index contributed by atoms with van der Waals surface area (Å²) in [5.41, 5.74) is 1.42. The molecule has 136 valence electrons. The van der Waals surface area contributed by atoms with Gasteiger partial charge in [0.25, 0.3) is 5.91 Å². The number of hydrogen-bond donors (Lipinski definition) is 1. The van der Waals surface area contributed by atoms with E-state index < -0.39 is 0 Å². The molecule has 0 spiro atoms. The van der Waals surface area contributed by atoms with Crippen LogP contribution in [-0.4, -0.2) is 25.9 Å². The maximum absolute atomic E-state index is 12.4. The molecular weight excluding hydrogens is 370 g/mol. The zero-order valence-corrected chi connectivity index (χ0v) is 16.2. The van der Waals surface area contributed by atoms with Crippen molar-refractivity contribution >= 4 is 34.0 Å². The Balaban J connectivity index is 1.66. The van der Waals surface area contributed by atoms with Gasteiger partial charge in [0.05, 0.1) is 18.3 Å². The van der Waals surface area contributed by atoms with E-state index in [1.54, 1.807) is 10.9 Å². The SMILES string of the molecule is CCC(CC)c1nnc(NC(=O)c2cnn(Cc3ccccc3Cl)c2)s1. The van der Waals surface area contributed by atoms with Crippen molar-refractivity contribution in [3.05, 3.63) is 57.8 Å². The second kappa shape index (κ2) is 8.42. The van der Waals surface area contributed by atoms with E-state index in [1.165, 1.54) is 17.5 Å². The highest BCUT2D eigenvalue weighted by Gasteiger charge is 2.16. The van der Waals surface area contributed by atoms with Crippen LogP contribution in [0.3, 0.4) is 0 Å². The number of rotatable bonds is 7. The number of nitrogens with zero attached hydrogens (tertiary/aromatic N) is 4. The van der Waals surface area contributed by atoms with Crippen molar-refractivity contribution in [2.24, 2.45) is 0 Å². The van der Waals surface area contributed by atoms with Crippen LogP contribution in [-0.2, 0) is 6.54 Å². The molecule has 2 heterocycles. The summed E-state index contributed by atoms with van der Waals surface area (Å²) in [5.74, 6) is 0.138. The summed E-state index contributed by atoms with van der Waals surface area (Å²) >= 11 is 7.59. The van der Waals surface area contributed by atoms with Crippen LogP contribution in [0.25, 0.3) is 0 Å². The molecule has 0 fully saturated rings. The lowest BCUT2D eigenvalue weighted by Gasteiger charge is -2.05. The fourth-order valence-electron chi connectivity index (χ4n) is 2.63. The fraction of sp³-hybridized carbons (Fsp3) is 0.333. The Morgan fingerprint density at radius 3 is 2.77 bits per heavy atom. The number of carbonyl (C=O) groups excluding carboxylic acids is 1. The molecule has 26 heavy (non-hydrogen) atoms. The third-order valence-electron chi connectivity index (χ3n) is 4.18.